The lowest BCUT2D eigenvalue weighted by Crippen LogP contribution is -2.44. The SMILES string of the molecule is Cc1ccccc1NC(=O)[C@@H](NC(=O)CN1C(=O)c2ccccc2C1=O)c1ccc(Cl)cc1. The third-order valence-electron chi connectivity index (χ3n) is 5.35. The van der Waals surface area contributed by atoms with Crippen LogP contribution in [0, 0.1) is 6.92 Å². The highest BCUT2D eigenvalue weighted by atomic mass is 35.5. The van der Waals surface area contributed by atoms with Crippen LogP contribution in [0.3, 0.4) is 0 Å². The maximum atomic E-state index is 13.1. The van der Waals surface area contributed by atoms with E-state index in [0.717, 1.165) is 10.5 Å². The molecular weight excluding hydrogens is 442 g/mol. The highest BCUT2D eigenvalue weighted by molar-refractivity contribution is 6.30. The molecule has 0 radical (unpaired) electrons. The van der Waals surface area contributed by atoms with Crippen LogP contribution in [0.5, 0.6) is 0 Å². The van der Waals surface area contributed by atoms with Crippen molar-refractivity contribution in [2.75, 3.05) is 11.9 Å². The number of fused-ring (bicyclic) bond motifs is 1. The third kappa shape index (κ3) is 4.63. The second-order valence-electron chi connectivity index (χ2n) is 7.60. The van der Waals surface area contributed by atoms with Gasteiger partial charge >= 0.3 is 0 Å². The summed E-state index contributed by atoms with van der Waals surface area (Å²) < 4.78 is 0. The Morgan fingerprint density at radius 3 is 2.06 bits per heavy atom. The molecule has 0 spiro atoms. The first-order valence-corrected chi connectivity index (χ1v) is 10.6. The minimum Gasteiger partial charge on any atom is -0.339 e. The van der Waals surface area contributed by atoms with Crippen molar-refractivity contribution in [3.63, 3.8) is 0 Å². The smallest absolute Gasteiger partial charge is 0.262 e. The molecule has 0 bridgehead atoms. The molecule has 4 amide bonds. The van der Waals surface area contributed by atoms with Gasteiger partial charge in [-0.15, -0.1) is 0 Å². The topological polar surface area (TPSA) is 95.6 Å². The Bertz CT molecular complexity index is 1220. The number of halogens is 1. The van der Waals surface area contributed by atoms with E-state index >= 15 is 0 Å². The number of nitrogens with zero attached hydrogens (tertiary/aromatic N) is 1. The summed E-state index contributed by atoms with van der Waals surface area (Å²) in [4.78, 5) is 52.0. The van der Waals surface area contributed by atoms with Crippen molar-refractivity contribution in [1.29, 1.82) is 0 Å². The number of nitrogens with one attached hydrogen (secondary N) is 2. The molecule has 1 heterocycles. The number of amides is 4. The van der Waals surface area contributed by atoms with Crippen LogP contribution in [-0.2, 0) is 9.59 Å². The molecular formula is C25H20ClN3O4. The van der Waals surface area contributed by atoms with Gasteiger partial charge in [0.25, 0.3) is 17.7 Å². The van der Waals surface area contributed by atoms with E-state index in [4.69, 9.17) is 11.6 Å². The molecule has 0 saturated carbocycles. The highest BCUT2D eigenvalue weighted by Crippen LogP contribution is 2.23. The van der Waals surface area contributed by atoms with Gasteiger partial charge in [-0.3, -0.25) is 24.1 Å². The molecule has 3 aromatic carbocycles. The summed E-state index contributed by atoms with van der Waals surface area (Å²) in [5, 5.41) is 5.95. The van der Waals surface area contributed by atoms with Crippen molar-refractivity contribution >= 4 is 40.9 Å². The Labute approximate surface area is 195 Å². The van der Waals surface area contributed by atoms with E-state index in [2.05, 4.69) is 10.6 Å². The summed E-state index contributed by atoms with van der Waals surface area (Å²) >= 11 is 5.97. The van der Waals surface area contributed by atoms with Gasteiger partial charge in [0.15, 0.2) is 0 Å². The van der Waals surface area contributed by atoms with Crippen LogP contribution in [0.25, 0.3) is 0 Å². The number of rotatable bonds is 6. The van der Waals surface area contributed by atoms with Gasteiger partial charge < -0.3 is 10.6 Å². The third-order valence-corrected chi connectivity index (χ3v) is 5.61. The van der Waals surface area contributed by atoms with Gasteiger partial charge in [0, 0.05) is 10.7 Å². The van der Waals surface area contributed by atoms with Crippen LogP contribution in [0.1, 0.15) is 37.9 Å². The summed E-state index contributed by atoms with van der Waals surface area (Å²) in [6.45, 7) is 1.35. The molecule has 0 aromatic heterocycles. The fourth-order valence-corrected chi connectivity index (χ4v) is 3.73. The fraction of sp³-hybridized carbons (Fsp3) is 0.120. The number of carbonyl (C=O) groups is 4. The average Bonchev–Trinajstić information content (AvgIpc) is 3.04. The van der Waals surface area contributed by atoms with Gasteiger partial charge in [-0.25, -0.2) is 0 Å². The Hall–Kier alpha value is -3.97. The predicted molar refractivity (Wildman–Crippen MR) is 124 cm³/mol. The first-order valence-electron chi connectivity index (χ1n) is 10.2. The molecule has 0 aliphatic carbocycles. The monoisotopic (exact) mass is 461 g/mol. The molecule has 0 saturated heterocycles. The molecule has 8 heteroatoms. The zero-order valence-corrected chi connectivity index (χ0v) is 18.4. The molecule has 166 valence electrons. The number of imide groups is 1. The number of hydrogen-bond acceptors (Lipinski definition) is 4. The second-order valence-corrected chi connectivity index (χ2v) is 8.03. The summed E-state index contributed by atoms with van der Waals surface area (Å²) in [5.41, 5.74) is 2.47. The maximum absolute atomic E-state index is 13.1. The minimum absolute atomic E-state index is 0.252. The predicted octanol–water partition coefficient (Wildman–Crippen LogP) is 3.74. The molecule has 2 N–H and O–H groups in total. The van der Waals surface area contributed by atoms with Crippen molar-refractivity contribution in [1.82, 2.24) is 10.2 Å². The Balaban J connectivity index is 1.54. The van der Waals surface area contributed by atoms with Gasteiger partial charge in [-0.2, -0.15) is 0 Å². The van der Waals surface area contributed by atoms with Crippen molar-refractivity contribution < 1.29 is 19.2 Å². The van der Waals surface area contributed by atoms with E-state index in [1.54, 1.807) is 60.7 Å². The Morgan fingerprint density at radius 2 is 1.45 bits per heavy atom. The molecule has 7 nitrogen and oxygen atoms in total. The second kappa shape index (κ2) is 9.26. The van der Waals surface area contributed by atoms with Crippen molar-refractivity contribution in [2.24, 2.45) is 0 Å². The quantitative estimate of drug-likeness (QED) is 0.546. The maximum Gasteiger partial charge on any atom is 0.262 e. The number of benzene rings is 3. The van der Waals surface area contributed by atoms with Crippen molar-refractivity contribution in [3.8, 4) is 0 Å². The van der Waals surface area contributed by atoms with Gasteiger partial charge in [-0.1, -0.05) is 54.1 Å². The summed E-state index contributed by atoms with van der Waals surface area (Å²) in [6.07, 6.45) is 0. The lowest BCUT2D eigenvalue weighted by Gasteiger charge is -2.21. The van der Waals surface area contributed by atoms with E-state index in [1.807, 2.05) is 19.1 Å². The van der Waals surface area contributed by atoms with Crippen molar-refractivity contribution in [2.45, 2.75) is 13.0 Å². The normalized spacial score (nSPS) is 13.5. The zero-order valence-electron chi connectivity index (χ0n) is 17.7. The molecule has 3 aromatic rings. The first-order chi connectivity index (χ1) is 15.8. The molecule has 4 rings (SSSR count). The van der Waals surface area contributed by atoms with Crippen LogP contribution in [-0.4, -0.2) is 35.1 Å². The van der Waals surface area contributed by atoms with E-state index in [0.29, 0.717) is 16.3 Å². The molecule has 0 fully saturated rings. The summed E-state index contributed by atoms with van der Waals surface area (Å²) in [5.74, 6) is -2.21. The van der Waals surface area contributed by atoms with Crippen LogP contribution >= 0.6 is 11.6 Å². The van der Waals surface area contributed by atoms with E-state index in [9.17, 15) is 19.2 Å². The summed E-state index contributed by atoms with van der Waals surface area (Å²) in [7, 11) is 0. The number of hydrogen-bond donors (Lipinski definition) is 2. The first kappa shape index (κ1) is 22.2. The molecule has 1 aliphatic heterocycles. The highest BCUT2D eigenvalue weighted by Gasteiger charge is 2.37. The lowest BCUT2D eigenvalue weighted by atomic mass is 10.1. The van der Waals surface area contributed by atoms with Crippen LogP contribution in [0.4, 0.5) is 5.69 Å². The van der Waals surface area contributed by atoms with Gasteiger partial charge in [0.2, 0.25) is 5.91 Å². The van der Waals surface area contributed by atoms with E-state index in [-0.39, 0.29) is 11.1 Å². The molecule has 1 atom stereocenters. The lowest BCUT2D eigenvalue weighted by molar-refractivity contribution is -0.126. The largest absolute Gasteiger partial charge is 0.339 e. The van der Waals surface area contributed by atoms with E-state index in [1.165, 1.54) is 0 Å². The van der Waals surface area contributed by atoms with E-state index < -0.39 is 36.2 Å². The minimum atomic E-state index is -1.07. The van der Waals surface area contributed by atoms with Crippen LogP contribution in [0.15, 0.2) is 72.8 Å². The molecule has 1 aliphatic rings. The Kier molecular flexibility index (Phi) is 6.24. The average molecular weight is 462 g/mol. The van der Waals surface area contributed by atoms with Gasteiger partial charge in [0.05, 0.1) is 11.1 Å². The van der Waals surface area contributed by atoms with Crippen LogP contribution < -0.4 is 10.6 Å². The standard InChI is InChI=1S/C25H20ClN3O4/c1-15-6-2-5-9-20(15)27-23(31)22(16-10-12-17(26)13-11-16)28-21(30)14-29-24(32)18-7-3-4-8-19(18)25(29)33/h2-13,22H,14H2,1H3,(H,27,31)(H,28,30)/t22-/m0/s1. The summed E-state index contributed by atoms with van der Waals surface area (Å²) in [6, 6.07) is 19.1. The van der Waals surface area contributed by atoms with Gasteiger partial charge in [0.1, 0.15) is 12.6 Å². The molecule has 33 heavy (non-hydrogen) atoms. The van der Waals surface area contributed by atoms with Crippen LogP contribution in [0.2, 0.25) is 5.02 Å². The number of aryl methyl sites for hydroxylation is 1. The number of anilines is 1. The van der Waals surface area contributed by atoms with Crippen molar-refractivity contribution in [3.05, 3.63) is 100 Å². The number of para-hydroxylation sites is 1. The number of carbonyl (C=O) groups excluding carboxylic acids is 4. The van der Waals surface area contributed by atoms with Gasteiger partial charge in [-0.05, 0) is 48.4 Å². The fourth-order valence-electron chi connectivity index (χ4n) is 3.61. The molecule has 0 unspecified atom stereocenters. The Morgan fingerprint density at radius 1 is 0.879 bits per heavy atom. The zero-order chi connectivity index (χ0) is 23.5.